The molecule has 1 unspecified atom stereocenters. The van der Waals surface area contributed by atoms with Crippen LogP contribution in [-0.4, -0.2) is 38.6 Å². The second-order valence-corrected chi connectivity index (χ2v) is 5.89. The van der Waals surface area contributed by atoms with Crippen molar-refractivity contribution in [1.82, 2.24) is 10.6 Å². The molecule has 0 bridgehead atoms. The molecular weight excluding hydrogens is 347 g/mol. The molecule has 1 aliphatic rings. The van der Waals surface area contributed by atoms with Gasteiger partial charge in [-0.25, -0.2) is 4.39 Å². The maximum atomic E-state index is 13.9. The van der Waals surface area contributed by atoms with Crippen molar-refractivity contribution in [2.75, 3.05) is 26.8 Å². The number of hydrogen-bond donors (Lipinski definition) is 2. The van der Waals surface area contributed by atoms with Crippen LogP contribution in [0.3, 0.4) is 0 Å². The average molecular weight is 378 g/mol. The SMILES string of the molecule is C=C/C(=C\C=C\CNC(=O)CNC(C)=O)C1=CC(C)CC=C1F.CCOC. The normalized spacial score (nSPS) is 16.6. The summed E-state index contributed by atoms with van der Waals surface area (Å²) in [5, 5.41) is 5.04. The van der Waals surface area contributed by atoms with Crippen LogP contribution in [0.1, 0.15) is 27.2 Å². The molecule has 0 aromatic heterocycles. The van der Waals surface area contributed by atoms with Crippen LogP contribution in [0.15, 0.2) is 60.0 Å². The Hall–Kier alpha value is -2.47. The number of amides is 2. The fourth-order valence-corrected chi connectivity index (χ4v) is 2.01. The first-order valence-electron chi connectivity index (χ1n) is 8.93. The second kappa shape index (κ2) is 14.7. The lowest BCUT2D eigenvalue weighted by molar-refractivity contribution is -0.124. The van der Waals surface area contributed by atoms with Gasteiger partial charge in [-0.1, -0.05) is 43.9 Å². The molecule has 5 nitrogen and oxygen atoms in total. The number of allylic oxidation sites excluding steroid dienone is 8. The summed E-state index contributed by atoms with van der Waals surface area (Å²) < 4.78 is 18.4. The lowest BCUT2D eigenvalue weighted by Crippen LogP contribution is -2.35. The van der Waals surface area contributed by atoms with Gasteiger partial charge in [-0.05, 0) is 30.9 Å². The zero-order valence-corrected chi connectivity index (χ0v) is 16.7. The Kier molecular flexibility index (Phi) is 13.3. The Balaban J connectivity index is 0.00000153. The van der Waals surface area contributed by atoms with E-state index < -0.39 is 0 Å². The van der Waals surface area contributed by atoms with Crippen molar-refractivity contribution in [1.29, 1.82) is 0 Å². The largest absolute Gasteiger partial charge is 0.385 e. The smallest absolute Gasteiger partial charge is 0.239 e. The van der Waals surface area contributed by atoms with Crippen LogP contribution in [0.4, 0.5) is 4.39 Å². The first-order valence-corrected chi connectivity index (χ1v) is 8.93. The molecule has 0 radical (unpaired) electrons. The molecule has 0 spiro atoms. The molecule has 6 heteroatoms. The molecule has 0 fully saturated rings. The summed E-state index contributed by atoms with van der Waals surface area (Å²) in [5.41, 5.74) is 1.25. The number of carbonyl (C=O) groups is 2. The van der Waals surface area contributed by atoms with Crippen LogP contribution < -0.4 is 10.6 Å². The molecule has 1 rings (SSSR count). The maximum absolute atomic E-state index is 13.9. The second-order valence-electron chi connectivity index (χ2n) is 5.89. The van der Waals surface area contributed by atoms with Gasteiger partial charge >= 0.3 is 0 Å². The van der Waals surface area contributed by atoms with Crippen LogP contribution in [0, 0.1) is 5.92 Å². The molecular formula is C21H31FN2O3. The summed E-state index contributed by atoms with van der Waals surface area (Å²) in [6, 6.07) is 0. The standard InChI is InChI=1S/C18H23FN2O2.C3H8O/c1-4-15(16-11-13(2)8-9-17(16)19)7-5-6-10-20-18(23)12-21-14(3)22;1-3-4-2/h4-7,9,11,13H,1,8,10,12H2,2-3H3,(H,20,23)(H,21,22);3H2,1-2H3/b6-5+,15-7+;. The Bertz CT molecular complexity index is 617. The van der Waals surface area contributed by atoms with Gasteiger partial charge in [0.2, 0.25) is 11.8 Å². The molecule has 1 aliphatic carbocycles. The van der Waals surface area contributed by atoms with E-state index in [1.807, 2.05) is 19.9 Å². The lowest BCUT2D eigenvalue weighted by atomic mass is 9.92. The zero-order chi connectivity index (χ0) is 20.7. The fraction of sp³-hybridized carbons (Fsp3) is 0.429. The third kappa shape index (κ3) is 11.7. The van der Waals surface area contributed by atoms with E-state index in [4.69, 9.17) is 0 Å². The predicted octanol–water partition coefficient (Wildman–Crippen LogP) is 3.38. The van der Waals surface area contributed by atoms with Gasteiger partial charge in [-0.2, -0.15) is 0 Å². The Labute approximate surface area is 161 Å². The molecule has 2 N–H and O–H groups in total. The van der Waals surface area contributed by atoms with Gasteiger partial charge in [0.15, 0.2) is 0 Å². The van der Waals surface area contributed by atoms with E-state index in [0.29, 0.717) is 30.0 Å². The van der Waals surface area contributed by atoms with Gasteiger partial charge in [-0.15, -0.1) is 0 Å². The van der Waals surface area contributed by atoms with Gasteiger partial charge in [0.25, 0.3) is 0 Å². The molecule has 1 atom stereocenters. The molecule has 2 amide bonds. The quantitative estimate of drug-likeness (QED) is 0.636. The third-order valence-corrected chi connectivity index (χ3v) is 3.52. The van der Waals surface area contributed by atoms with Crippen molar-refractivity contribution in [3.8, 4) is 0 Å². The van der Waals surface area contributed by atoms with Crippen molar-refractivity contribution >= 4 is 11.8 Å². The summed E-state index contributed by atoms with van der Waals surface area (Å²) in [5.74, 6) is -0.453. The van der Waals surface area contributed by atoms with E-state index >= 15 is 0 Å². The minimum Gasteiger partial charge on any atom is -0.385 e. The summed E-state index contributed by atoms with van der Waals surface area (Å²) in [6.45, 7) is 10.2. The van der Waals surface area contributed by atoms with E-state index in [0.717, 1.165) is 6.61 Å². The number of ether oxygens (including phenoxy) is 1. The molecule has 0 saturated heterocycles. The number of halogens is 1. The third-order valence-electron chi connectivity index (χ3n) is 3.52. The van der Waals surface area contributed by atoms with Crippen LogP contribution >= 0.6 is 0 Å². The summed E-state index contributed by atoms with van der Waals surface area (Å²) >= 11 is 0. The minimum atomic E-state index is -0.268. The number of rotatable bonds is 8. The molecule has 27 heavy (non-hydrogen) atoms. The predicted molar refractivity (Wildman–Crippen MR) is 108 cm³/mol. The first-order chi connectivity index (χ1) is 12.8. The highest BCUT2D eigenvalue weighted by molar-refractivity contribution is 5.83. The van der Waals surface area contributed by atoms with Gasteiger partial charge in [0, 0.05) is 32.8 Å². The maximum Gasteiger partial charge on any atom is 0.239 e. The summed E-state index contributed by atoms with van der Waals surface area (Å²) in [7, 11) is 1.68. The van der Waals surface area contributed by atoms with Gasteiger partial charge in [0.1, 0.15) is 5.83 Å². The topological polar surface area (TPSA) is 67.4 Å². The van der Waals surface area contributed by atoms with Crippen molar-refractivity contribution < 1.29 is 18.7 Å². The van der Waals surface area contributed by atoms with Crippen molar-refractivity contribution in [2.24, 2.45) is 5.92 Å². The molecule has 0 aromatic carbocycles. The minimum absolute atomic E-state index is 0.0439. The molecule has 0 aromatic rings. The molecule has 0 aliphatic heterocycles. The highest BCUT2D eigenvalue weighted by Crippen LogP contribution is 2.29. The van der Waals surface area contributed by atoms with Crippen LogP contribution in [0.5, 0.6) is 0 Å². The van der Waals surface area contributed by atoms with Gasteiger partial charge < -0.3 is 15.4 Å². The Morgan fingerprint density at radius 2 is 2.07 bits per heavy atom. The Morgan fingerprint density at radius 1 is 1.41 bits per heavy atom. The summed E-state index contributed by atoms with van der Waals surface area (Å²) in [4.78, 5) is 22.0. The first kappa shape index (κ1) is 24.5. The van der Waals surface area contributed by atoms with E-state index in [1.165, 1.54) is 6.92 Å². The van der Waals surface area contributed by atoms with Gasteiger partial charge in [0.05, 0.1) is 6.54 Å². The van der Waals surface area contributed by atoms with Crippen molar-refractivity contribution in [2.45, 2.75) is 27.2 Å². The Morgan fingerprint density at radius 3 is 2.63 bits per heavy atom. The van der Waals surface area contributed by atoms with Crippen molar-refractivity contribution in [3.05, 3.63) is 60.0 Å². The van der Waals surface area contributed by atoms with Crippen LogP contribution in [-0.2, 0) is 14.3 Å². The van der Waals surface area contributed by atoms with Crippen LogP contribution in [0.2, 0.25) is 0 Å². The number of methoxy groups -OCH3 is 1. The average Bonchev–Trinajstić information content (AvgIpc) is 2.65. The van der Waals surface area contributed by atoms with E-state index in [-0.39, 0.29) is 24.2 Å². The highest BCUT2D eigenvalue weighted by atomic mass is 19.1. The van der Waals surface area contributed by atoms with Crippen molar-refractivity contribution in [3.63, 3.8) is 0 Å². The number of carbonyl (C=O) groups excluding carboxylic acids is 2. The summed E-state index contributed by atoms with van der Waals surface area (Å²) in [6.07, 6.45) is 11.0. The monoisotopic (exact) mass is 378 g/mol. The molecule has 0 heterocycles. The zero-order valence-electron chi connectivity index (χ0n) is 16.7. The van der Waals surface area contributed by atoms with E-state index in [1.54, 1.807) is 37.5 Å². The fourth-order valence-electron chi connectivity index (χ4n) is 2.01. The molecule has 150 valence electrons. The van der Waals surface area contributed by atoms with Crippen LogP contribution in [0.25, 0.3) is 0 Å². The molecule has 0 saturated carbocycles. The lowest BCUT2D eigenvalue weighted by Gasteiger charge is -2.15. The number of hydrogen-bond acceptors (Lipinski definition) is 3. The highest BCUT2D eigenvalue weighted by Gasteiger charge is 2.14. The van der Waals surface area contributed by atoms with E-state index in [2.05, 4.69) is 21.9 Å². The van der Waals surface area contributed by atoms with Gasteiger partial charge in [-0.3, -0.25) is 9.59 Å². The van der Waals surface area contributed by atoms with E-state index in [9.17, 15) is 14.0 Å². The number of nitrogens with one attached hydrogen (secondary N) is 2.